The molecule has 0 spiro atoms. The second kappa shape index (κ2) is 11.2. The molecule has 0 aliphatic heterocycles. The van der Waals surface area contributed by atoms with Gasteiger partial charge < -0.3 is 4.42 Å². The summed E-state index contributed by atoms with van der Waals surface area (Å²) < 4.78 is 35.0. The Morgan fingerprint density at radius 3 is 2.08 bits per heavy atom. The van der Waals surface area contributed by atoms with E-state index in [0.717, 1.165) is 49.2 Å². The molecule has 0 aliphatic carbocycles. The number of aryl methyl sites for hydroxylation is 1. The highest BCUT2D eigenvalue weighted by Gasteiger charge is 2.26. The molecule has 0 saturated heterocycles. The maximum atomic E-state index is 8.59. The lowest BCUT2D eigenvalue weighted by Gasteiger charge is -2.24. The van der Waals surface area contributed by atoms with Gasteiger partial charge in [0.05, 0.1) is 22.3 Å². The van der Waals surface area contributed by atoms with Crippen LogP contribution in [0.1, 0.15) is 60.3 Å². The first-order chi connectivity index (χ1) is 25.1. The maximum Gasteiger partial charge on any atom is 0.149 e. The fraction of sp³-hybridized carbons (Fsp3) is 0.152. The molecular weight excluding hydrogens is 597 g/mol. The Bertz CT molecular complexity index is 2810. The lowest BCUT2D eigenvalue weighted by atomic mass is 9.88. The lowest BCUT2D eigenvalue weighted by Crippen LogP contribution is -2.09. The number of nitrogens with zero attached hydrogens (tertiary/aromatic N) is 2. The number of imidazole rings is 1. The highest BCUT2D eigenvalue weighted by molar-refractivity contribution is 6.22. The maximum absolute atomic E-state index is 8.59. The van der Waals surface area contributed by atoms with Crippen LogP contribution in [0.25, 0.3) is 82.7 Å². The van der Waals surface area contributed by atoms with Crippen LogP contribution in [0.15, 0.2) is 132 Å². The van der Waals surface area contributed by atoms with Crippen LogP contribution in [-0.4, -0.2) is 9.55 Å². The van der Waals surface area contributed by atoms with E-state index in [4.69, 9.17) is 13.5 Å². The summed E-state index contributed by atoms with van der Waals surface area (Å²) in [6.07, 6.45) is 0. The van der Waals surface area contributed by atoms with Gasteiger partial charge in [0.2, 0.25) is 0 Å². The summed E-state index contributed by atoms with van der Waals surface area (Å²) in [5.74, 6) is 1.12. The first-order valence-corrected chi connectivity index (χ1v) is 17.1. The van der Waals surface area contributed by atoms with Crippen LogP contribution in [0.4, 0.5) is 0 Å². The van der Waals surface area contributed by atoms with Gasteiger partial charge in [0, 0.05) is 20.3 Å². The summed E-state index contributed by atoms with van der Waals surface area (Å²) >= 11 is 0. The van der Waals surface area contributed by atoms with E-state index < -0.39 is 6.85 Å². The molecule has 3 nitrogen and oxygen atoms in total. The third-order valence-electron chi connectivity index (χ3n) is 10.1. The summed E-state index contributed by atoms with van der Waals surface area (Å²) in [5, 5.41) is 5.67. The molecule has 7 aromatic carbocycles. The molecule has 3 heteroatoms. The molecule has 0 fully saturated rings. The normalized spacial score (nSPS) is 13.3. The Hall–Kier alpha value is -5.67. The van der Waals surface area contributed by atoms with E-state index in [-0.39, 0.29) is 17.4 Å². The monoisotopic (exact) mass is 637 g/mol. The number of benzene rings is 7. The van der Waals surface area contributed by atoms with Crippen molar-refractivity contribution < 1.29 is 8.53 Å². The number of para-hydroxylation sites is 2. The summed E-state index contributed by atoms with van der Waals surface area (Å²) in [6, 6.07) is 43.7. The van der Waals surface area contributed by atoms with Crippen molar-refractivity contribution >= 4 is 54.5 Å². The first-order valence-electron chi connectivity index (χ1n) is 18.6. The fourth-order valence-electron chi connectivity index (χ4n) is 7.65. The van der Waals surface area contributed by atoms with E-state index in [1.807, 2.05) is 36.4 Å². The Morgan fingerprint density at radius 2 is 1.31 bits per heavy atom. The van der Waals surface area contributed by atoms with Crippen LogP contribution in [0.5, 0.6) is 0 Å². The molecule has 0 saturated carbocycles. The van der Waals surface area contributed by atoms with Crippen molar-refractivity contribution in [3.63, 3.8) is 0 Å². The van der Waals surface area contributed by atoms with Crippen LogP contribution in [-0.2, 0) is 0 Å². The van der Waals surface area contributed by atoms with E-state index in [2.05, 4.69) is 117 Å². The van der Waals surface area contributed by atoms with E-state index in [1.165, 1.54) is 22.3 Å². The Labute approximate surface area is 290 Å². The van der Waals surface area contributed by atoms with Crippen LogP contribution >= 0.6 is 0 Å². The summed E-state index contributed by atoms with van der Waals surface area (Å²) in [7, 11) is 0. The molecule has 9 rings (SSSR count). The fourth-order valence-corrected chi connectivity index (χ4v) is 7.65. The molecule has 2 aromatic heterocycles. The minimum Gasteiger partial charge on any atom is -0.455 e. The number of hydrogen-bond donors (Lipinski definition) is 0. The predicted octanol–water partition coefficient (Wildman–Crippen LogP) is 13.1. The van der Waals surface area contributed by atoms with Gasteiger partial charge in [-0.3, -0.25) is 4.57 Å². The van der Waals surface area contributed by atoms with E-state index in [0.29, 0.717) is 22.4 Å². The van der Waals surface area contributed by atoms with Crippen molar-refractivity contribution in [1.82, 2.24) is 9.55 Å². The summed E-state index contributed by atoms with van der Waals surface area (Å²) in [5.41, 5.74) is 9.96. The van der Waals surface area contributed by atoms with Gasteiger partial charge in [0.15, 0.2) is 0 Å². The van der Waals surface area contributed by atoms with Crippen LogP contribution < -0.4 is 0 Å². The second-order valence-electron chi connectivity index (χ2n) is 13.7. The smallest absolute Gasteiger partial charge is 0.149 e. The third kappa shape index (κ3) is 4.53. The average molecular weight is 638 g/mol. The number of fused-ring (bicyclic) bond motifs is 8. The van der Waals surface area contributed by atoms with Gasteiger partial charge in [-0.05, 0) is 105 Å². The zero-order chi connectivity index (χ0) is 35.9. The number of furan rings is 1. The van der Waals surface area contributed by atoms with Gasteiger partial charge in [0.25, 0.3) is 0 Å². The molecule has 0 N–H and O–H groups in total. The number of aromatic nitrogens is 2. The average Bonchev–Trinajstić information content (AvgIpc) is 3.73. The molecule has 9 aromatic rings. The van der Waals surface area contributed by atoms with Crippen molar-refractivity contribution in [3.8, 4) is 28.2 Å². The van der Waals surface area contributed by atoms with Gasteiger partial charge in [0.1, 0.15) is 17.0 Å². The SMILES string of the molecule is [2H]C([2H])([2H])c1ccc(-c2nc3ccccc3n2-c2c(C(C)C)cc(-c3ccccc3)cc2C(C)C)c2oc3c4ccc5ccccc5c4ccc3c12. The summed E-state index contributed by atoms with van der Waals surface area (Å²) in [6.45, 7) is 6.62. The molecule has 0 bridgehead atoms. The second-order valence-corrected chi connectivity index (χ2v) is 13.7. The minimum atomic E-state index is -2.35. The Morgan fingerprint density at radius 1 is 0.612 bits per heavy atom. The zero-order valence-corrected chi connectivity index (χ0v) is 28.1. The van der Waals surface area contributed by atoms with E-state index in [1.54, 1.807) is 6.07 Å². The first kappa shape index (κ1) is 26.3. The molecule has 0 amide bonds. The van der Waals surface area contributed by atoms with Crippen molar-refractivity contribution in [2.24, 2.45) is 0 Å². The van der Waals surface area contributed by atoms with Crippen LogP contribution in [0.2, 0.25) is 0 Å². The Kier molecular flexibility index (Phi) is 6.01. The number of hydrogen-bond acceptors (Lipinski definition) is 2. The van der Waals surface area contributed by atoms with Crippen molar-refractivity contribution in [2.45, 2.75) is 46.4 Å². The minimum absolute atomic E-state index is 0.204. The highest BCUT2D eigenvalue weighted by atomic mass is 16.3. The molecule has 0 atom stereocenters. The molecule has 49 heavy (non-hydrogen) atoms. The molecular formula is C46H38N2O. The third-order valence-corrected chi connectivity index (χ3v) is 10.1. The van der Waals surface area contributed by atoms with Crippen molar-refractivity contribution in [2.75, 3.05) is 0 Å². The molecule has 2 heterocycles. The summed E-state index contributed by atoms with van der Waals surface area (Å²) in [4.78, 5) is 5.32. The van der Waals surface area contributed by atoms with Gasteiger partial charge in [-0.15, -0.1) is 0 Å². The van der Waals surface area contributed by atoms with Gasteiger partial charge in [-0.1, -0.05) is 113 Å². The van der Waals surface area contributed by atoms with Gasteiger partial charge in [-0.25, -0.2) is 4.98 Å². The zero-order valence-electron chi connectivity index (χ0n) is 31.1. The van der Waals surface area contributed by atoms with Gasteiger partial charge >= 0.3 is 0 Å². The topological polar surface area (TPSA) is 31.0 Å². The van der Waals surface area contributed by atoms with Crippen LogP contribution in [0.3, 0.4) is 0 Å². The van der Waals surface area contributed by atoms with Crippen LogP contribution in [0, 0.1) is 6.85 Å². The van der Waals surface area contributed by atoms with Crippen molar-refractivity contribution in [1.29, 1.82) is 0 Å². The Balaban J connectivity index is 1.41. The number of rotatable bonds is 5. The quantitative estimate of drug-likeness (QED) is 0.176. The molecule has 0 unspecified atom stereocenters. The predicted molar refractivity (Wildman–Crippen MR) is 207 cm³/mol. The van der Waals surface area contributed by atoms with Crippen molar-refractivity contribution in [3.05, 3.63) is 144 Å². The standard InChI is InChI=1S/C46H38N2O/c1-27(2)38-25-32(30-13-7-6-8-14-30)26-39(28(3)4)43(38)48-41-18-12-11-17-40(41)47-46(48)37-21-19-29(5)42-36-24-23-34-33-16-10-9-15-31(33)20-22-35(34)44(36)49-45(37)42/h6-28H,1-5H3/i5D3. The molecule has 0 aliphatic rings. The molecule has 0 radical (unpaired) electrons. The highest BCUT2D eigenvalue weighted by Crippen LogP contribution is 2.44. The lowest BCUT2D eigenvalue weighted by molar-refractivity contribution is 0.673. The van der Waals surface area contributed by atoms with E-state index >= 15 is 0 Å². The largest absolute Gasteiger partial charge is 0.455 e. The molecule has 238 valence electrons. The van der Waals surface area contributed by atoms with E-state index in [9.17, 15) is 0 Å². The van der Waals surface area contributed by atoms with Gasteiger partial charge in [-0.2, -0.15) is 0 Å².